The fraction of sp³-hybridized carbons (Fsp3) is 0.400. The van der Waals surface area contributed by atoms with Gasteiger partial charge in [-0.15, -0.1) is 0 Å². The van der Waals surface area contributed by atoms with Crippen molar-refractivity contribution in [2.45, 2.75) is 13.0 Å². The van der Waals surface area contributed by atoms with Gasteiger partial charge in [0.15, 0.2) is 0 Å². The minimum absolute atomic E-state index is 0.590. The van der Waals surface area contributed by atoms with Crippen LogP contribution in [0.15, 0.2) is 24.3 Å². The maximum absolute atomic E-state index is 5.56. The van der Waals surface area contributed by atoms with E-state index in [-0.39, 0.29) is 0 Å². The molecule has 0 aromatic heterocycles. The second-order valence-corrected chi connectivity index (χ2v) is 3.38. The molecule has 2 rings (SSSR count). The van der Waals surface area contributed by atoms with Crippen molar-refractivity contribution in [2.75, 3.05) is 18.0 Å². The molecule has 1 unspecified atom stereocenters. The topological polar surface area (TPSA) is 29.0 Å². The number of aryl methyl sites for hydroxylation is 1. The average Bonchev–Trinajstić information content (AvgIpc) is 2.83. The number of anilines is 1. The number of hydrogen-bond donors (Lipinski definition) is 1. The third-order valence-corrected chi connectivity index (χ3v) is 2.32. The highest BCUT2D eigenvalue weighted by Gasteiger charge is 2.32. The van der Waals surface area contributed by atoms with Crippen molar-refractivity contribution < 1.29 is 0 Å². The number of rotatable bonds is 2. The summed E-state index contributed by atoms with van der Waals surface area (Å²) in [5, 5.41) is 0. The van der Waals surface area contributed by atoms with E-state index in [1.165, 1.54) is 11.3 Å². The highest BCUT2D eigenvalue weighted by atomic mass is 15.3. The van der Waals surface area contributed by atoms with Crippen LogP contribution in [0.1, 0.15) is 5.56 Å². The normalized spacial score (nSPS) is 21.2. The highest BCUT2D eigenvalue weighted by Crippen LogP contribution is 2.27. The number of hydrogen-bond acceptors (Lipinski definition) is 2. The van der Waals surface area contributed by atoms with Crippen LogP contribution >= 0.6 is 0 Å². The van der Waals surface area contributed by atoms with Crippen molar-refractivity contribution in [3.8, 4) is 0 Å². The zero-order chi connectivity index (χ0) is 8.55. The quantitative estimate of drug-likeness (QED) is 0.661. The summed E-state index contributed by atoms with van der Waals surface area (Å²) in [6.45, 7) is 4.01. The first-order chi connectivity index (χ1) is 5.81. The van der Waals surface area contributed by atoms with Gasteiger partial charge in [0, 0.05) is 18.8 Å². The van der Waals surface area contributed by atoms with Gasteiger partial charge < -0.3 is 10.6 Å². The molecule has 1 fully saturated rings. The molecule has 1 saturated heterocycles. The fourth-order valence-electron chi connectivity index (χ4n) is 1.50. The van der Waals surface area contributed by atoms with Crippen molar-refractivity contribution in [3.05, 3.63) is 29.8 Å². The minimum atomic E-state index is 0.590. The summed E-state index contributed by atoms with van der Waals surface area (Å²) in [4.78, 5) is 2.33. The molecule has 1 heterocycles. The smallest absolute Gasteiger partial charge is 0.0588 e. The molecular weight excluding hydrogens is 148 g/mol. The van der Waals surface area contributed by atoms with E-state index in [2.05, 4.69) is 36.1 Å². The Labute approximate surface area is 73.0 Å². The van der Waals surface area contributed by atoms with E-state index in [4.69, 9.17) is 5.73 Å². The SMILES string of the molecule is Cc1cccc(N2CC2CN)c1. The van der Waals surface area contributed by atoms with Crippen LogP contribution in [0.5, 0.6) is 0 Å². The van der Waals surface area contributed by atoms with E-state index < -0.39 is 0 Å². The van der Waals surface area contributed by atoms with Crippen LogP contribution in [-0.2, 0) is 0 Å². The largest absolute Gasteiger partial charge is 0.363 e. The molecule has 1 aliphatic heterocycles. The van der Waals surface area contributed by atoms with Crippen molar-refractivity contribution >= 4 is 5.69 Å². The molecule has 2 heteroatoms. The lowest BCUT2D eigenvalue weighted by molar-refractivity contribution is 0.967. The predicted molar refractivity (Wildman–Crippen MR) is 51.4 cm³/mol. The van der Waals surface area contributed by atoms with E-state index in [1.807, 2.05) is 0 Å². The van der Waals surface area contributed by atoms with E-state index in [9.17, 15) is 0 Å². The Morgan fingerprint density at radius 1 is 1.58 bits per heavy atom. The molecular formula is C10H14N2. The molecule has 1 aromatic rings. The van der Waals surface area contributed by atoms with Crippen molar-refractivity contribution in [2.24, 2.45) is 5.73 Å². The molecule has 2 N–H and O–H groups in total. The minimum Gasteiger partial charge on any atom is -0.363 e. The van der Waals surface area contributed by atoms with Gasteiger partial charge in [0.25, 0.3) is 0 Å². The van der Waals surface area contributed by atoms with Gasteiger partial charge in [0.2, 0.25) is 0 Å². The first-order valence-electron chi connectivity index (χ1n) is 4.34. The van der Waals surface area contributed by atoms with Gasteiger partial charge in [-0.1, -0.05) is 12.1 Å². The first-order valence-corrected chi connectivity index (χ1v) is 4.34. The molecule has 0 radical (unpaired) electrons. The molecule has 0 aliphatic carbocycles. The molecule has 0 amide bonds. The zero-order valence-corrected chi connectivity index (χ0v) is 7.33. The van der Waals surface area contributed by atoms with Crippen LogP contribution in [0, 0.1) is 6.92 Å². The Kier molecular flexibility index (Phi) is 1.77. The maximum Gasteiger partial charge on any atom is 0.0588 e. The monoisotopic (exact) mass is 162 g/mol. The molecule has 0 spiro atoms. The van der Waals surface area contributed by atoms with Gasteiger partial charge in [-0.25, -0.2) is 0 Å². The molecule has 12 heavy (non-hydrogen) atoms. The Hall–Kier alpha value is -1.02. The summed E-state index contributed by atoms with van der Waals surface area (Å²) in [7, 11) is 0. The first kappa shape index (κ1) is 7.62. The van der Waals surface area contributed by atoms with E-state index in [0.29, 0.717) is 6.04 Å². The second kappa shape index (κ2) is 2.79. The summed E-state index contributed by atoms with van der Waals surface area (Å²) in [6.07, 6.45) is 0. The van der Waals surface area contributed by atoms with E-state index in [0.717, 1.165) is 13.1 Å². The lowest BCUT2D eigenvalue weighted by atomic mass is 10.2. The Morgan fingerprint density at radius 2 is 2.42 bits per heavy atom. The summed E-state index contributed by atoms with van der Waals surface area (Å²) in [5.41, 5.74) is 8.18. The molecule has 2 nitrogen and oxygen atoms in total. The predicted octanol–water partition coefficient (Wildman–Crippen LogP) is 1.14. The van der Waals surface area contributed by atoms with Gasteiger partial charge in [0.05, 0.1) is 6.04 Å². The summed E-state index contributed by atoms with van der Waals surface area (Å²) in [5.74, 6) is 0. The lowest BCUT2D eigenvalue weighted by Crippen LogP contribution is -2.11. The lowest BCUT2D eigenvalue weighted by Gasteiger charge is -2.04. The number of nitrogens with zero attached hydrogens (tertiary/aromatic N) is 1. The van der Waals surface area contributed by atoms with Crippen LogP contribution < -0.4 is 10.6 Å². The third kappa shape index (κ3) is 1.30. The Bertz CT molecular complexity index is 283. The maximum atomic E-state index is 5.56. The molecule has 64 valence electrons. The van der Waals surface area contributed by atoms with Crippen molar-refractivity contribution in [1.29, 1.82) is 0 Å². The third-order valence-electron chi connectivity index (χ3n) is 2.32. The molecule has 0 bridgehead atoms. The Morgan fingerprint density at radius 3 is 3.00 bits per heavy atom. The second-order valence-electron chi connectivity index (χ2n) is 3.38. The van der Waals surface area contributed by atoms with Gasteiger partial charge in [-0.2, -0.15) is 0 Å². The fourth-order valence-corrected chi connectivity index (χ4v) is 1.50. The summed E-state index contributed by atoms with van der Waals surface area (Å²) < 4.78 is 0. The Balaban J connectivity index is 2.14. The van der Waals surface area contributed by atoms with Crippen molar-refractivity contribution in [3.63, 3.8) is 0 Å². The molecule has 1 aromatic carbocycles. The summed E-state index contributed by atoms with van der Waals surface area (Å²) >= 11 is 0. The molecule has 1 aliphatic rings. The van der Waals surface area contributed by atoms with Crippen molar-refractivity contribution in [1.82, 2.24) is 0 Å². The molecule has 1 atom stereocenters. The van der Waals surface area contributed by atoms with Gasteiger partial charge in [0.1, 0.15) is 0 Å². The summed E-state index contributed by atoms with van der Waals surface area (Å²) in [6, 6.07) is 9.14. The van der Waals surface area contributed by atoms with Gasteiger partial charge >= 0.3 is 0 Å². The standard InChI is InChI=1S/C10H14N2/c1-8-3-2-4-9(5-8)12-7-10(12)6-11/h2-5,10H,6-7,11H2,1H3. The van der Waals surface area contributed by atoms with Crippen LogP contribution in [0.2, 0.25) is 0 Å². The van der Waals surface area contributed by atoms with Crippen LogP contribution in [0.3, 0.4) is 0 Å². The van der Waals surface area contributed by atoms with Crippen LogP contribution in [0.4, 0.5) is 5.69 Å². The van der Waals surface area contributed by atoms with Gasteiger partial charge in [-0.3, -0.25) is 0 Å². The average molecular weight is 162 g/mol. The number of nitrogens with two attached hydrogens (primary N) is 1. The molecule has 0 saturated carbocycles. The highest BCUT2D eigenvalue weighted by molar-refractivity contribution is 5.55. The van der Waals surface area contributed by atoms with E-state index in [1.54, 1.807) is 0 Å². The van der Waals surface area contributed by atoms with Gasteiger partial charge in [-0.05, 0) is 24.6 Å². The van der Waals surface area contributed by atoms with Crippen LogP contribution in [0.25, 0.3) is 0 Å². The van der Waals surface area contributed by atoms with E-state index >= 15 is 0 Å². The zero-order valence-electron chi connectivity index (χ0n) is 7.33. The number of benzene rings is 1. The van der Waals surface area contributed by atoms with Crippen LogP contribution in [-0.4, -0.2) is 19.1 Å².